The molecular formula is C24H27NO4. The Hall–Kier alpha value is -2.92. The van der Waals surface area contributed by atoms with Crippen molar-refractivity contribution in [2.24, 2.45) is 5.92 Å². The third-order valence-corrected chi connectivity index (χ3v) is 5.08. The van der Waals surface area contributed by atoms with E-state index >= 15 is 0 Å². The zero-order chi connectivity index (χ0) is 20.8. The van der Waals surface area contributed by atoms with Crippen molar-refractivity contribution in [3.05, 3.63) is 81.7 Å². The van der Waals surface area contributed by atoms with Crippen LogP contribution in [0.2, 0.25) is 0 Å². The third-order valence-electron chi connectivity index (χ3n) is 5.08. The van der Waals surface area contributed by atoms with Gasteiger partial charge in [0.15, 0.2) is 0 Å². The first kappa shape index (κ1) is 20.8. The molecule has 5 nitrogen and oxygen atoms in total. The molecule has 1 atom stereocenters. The number of aryl methyl sites for hydroxylation is 1. The summed E-state index contributed by atoms with van der Waals surface area (Å²) in [4.78, 5) is 26.3. The van der Waals surface area contributed by atoms with E-state index in [4.69, 9.17) is 9.15 Å². The van der Waals surface area contributed by atoms with Crippen molar-refractivity contribution < 1.29 is 13.9 Å². The Kier molecular flexibility index (Phi) is 6.83. The zero-order valence-corrected chi connectivity index (χ0v) is 17.2. The summed E-state index contributed by atoms with van der Waals surface area (Å²) in [5, 5.41) is 0.922. The highest BCUT2D eigenvalue weighted by Gasteiger charge is 2.19. The fourth-order valence-corrected chi connectivity index (χ4v) is 3.56. The summed E-state index contributed by atoms with van der Waals surface area (Å²) in [7, 11) is 1.40. The number of fused-ring (bicyclic) bond motifs is 1. The first-order valence-electron chi connectivity index (χ1n) is 9.90. The molecule has 0 radical (unpaired) electrons. The minimum atomic E-state index is -0.360. The number of hydrogen-bond donors (Lipinski definition) is 0. The fraction of sp³-hybridized carbons (Fsp3) is 0.333. The number of benzene rings is 2. The van der Waals surface area contributed by atoms with Gasteiger partial charge in [0.1, 0.15) is 5.58 Å². The van der Waals surface area contributed by atoms with Crippen molar-refractivity contribution in [2.75, 3.05) is 13.7 Å². The Morgan fingerprint density at radius 3 is 2.52 bits per heavy atom. The van der Waals surface area contributed by atoms with Gasteiger partial charge in [-0.15, -0.1) is 0 Å². The molecule has 0 amide bonds. The highest BCUT2D eigenvalue weighted by atomic mass is 16.5. The average Bonchev–Trinajstić information content (AvgIpc) is 2.73. The van der Waals surface area contributed by atoms with E-state index in [1.807, 2.05) is 37.3 Å². The summed E-state index contributed by atoms with van der Waals surface area (Å²) >= 11 is 0. The van der Waals surface area contributed by atoms with Crippen molar-refractivity contribution in [3.8, 4) is 0 Å². The Balaban J connectivity index is 1.94. The number of ether oxygens (including phenoxy) is 1. The van der Waals surface area contributed by atoms with Crippen LogP contribution in [0.5, 0.6) is 0 Å². The van der Waals surface area contributed by atoms with Crippen molar-refractivity contribution in [1.29, 1.82) is 0 Å². The van der Waals surface area contributed by atoms with Gasteiger partial charge in [-0.25, -0.2) is 4.79 Å². The number of rotatable bonds is 8. The second kappa shape index (κ2) is 9.52. The number of carbonyl (C=O) groups is 1. The fourth-order valence-electron chi connectivity index (χ4n) is 3.56. The molecule has 1 heterocycles. The number of hydrogen-bond acceptors (Lipinski definition) is 5. The predicted octanol–water partition coefficient (Wildman–Crippen LogP) is 4.17. The van der Waals surface area contributed by atoms with Gasteiger partial charge in [0.2, 0.25) is 0 Å². The van der Waals surface area contributed by atoms with Crippen LogP contribution in [0.1, 0.15) is 30.5 Å². The van der Waals surface area contributed by atoms with Crippen LogP contribution in [0.4, 0.5) is 0 Å². The molecule has 29 heavy (non-hydrogen) atoms. The second-order valence-electron chi connectivity index (χ2n) is 7.35. The molecule has 1 unspecified atom stereocenters. The maximum absolute atomic E-state index is 12.2. The summed E-state index contributed by atoms with van der Waals surface area (Å²) in [5.74, 6) is -0.519. The maximum Gasteiger partial charge on any atom is 0.336 e. The first-order chi connectivity index (χ1) is 14.0. The number of methoxy groups -OCH3 is 1. The summed E-state index contributed by atoms with van der Waals surface area (Å²) < 4.78 is 10.3. The number of nitrogens with zero attached hydrogens (tertiary/aromatic N) is 1. The van der Waals surface area contributed by atoms with E-state index in [0.29, 0.717) is 25.2 Å². The lowest BCUT2D eigenvalue weighted by molar-refractivity contribution is -0.145. The third kappa shape index (κ3) is 5.33. The molecular weight excluding hydrogens is 366 g/mol. The molecule has 0 spiro atoms. The molecule has 0 fully saturated rings. The Labute approximate surface area is 170 Å². The van der Waals surface area contributed by atoms with Crippen molar-refractivity contribution >= 4 is 16.9 Å². The van der Waals surface area contributed by atoms with Crippen LogP contribution in [0, 0.1) is 5.92 Å². The SMILES string of the molecule is CCc1ccc2c(CN(Cc3ccccc3)CC(C)C(=O)OC)cc(=O)oc2c1. The van der Waals surface area contributed by atoms with E-state index < -0.39 is 0 Å². The largest absolute Gasteiger partial charge is 0.469 e. The van der Waals surface area contributed by atoms with Gasteiger partial charge in [0.05, 0.1) is 13.0 Å². The van der Waals surface area contributed by atoms with E-state index in [0.717, 1.165) is 28.5 Å². The molecule has 2 aromatic carbocycles. The predicted molar refractivity (Wildman–Crippen MR) is 114 cm³/mol. The molecule has 3 aromatic rings. The standard InChI is InChI=1S/C24H27NO4/c1-4-18-10-11-21-20(13-23(26)29-22(21)12-18)16-25(14-17(2)24(27)28-3)15-19-8-6-5-7-9-19/h5-13,17H,4,14-16H2,1-3H3. The molecule has 0 bridgehead atoms. The van der Waals surface area contributed by atoms with Crippen LogP contribution in [0.15, 0.2) is 63.8 Å². The molecule has 0 aliphatic heterocycles. The average molecular weight is 393 g/mol. The van der Waals surface area contributed by atoms with Gasteiger partial charge < -0.3 is 9.15 Å². The van der Waals surface area contributed by atoms with Crippen molar-refractivity contribution in [2.45, 2.75) is 33.4 Å². The smallest absolute Gasteiger partial charge is 0.336 e. The van der Waals surface area contributed by atoms with Gasteiger partial charge in [0, 0.05) is 31.1 Å². The lowest BCUT2D eigenvalue weighted by Crippen LogP contribution is -2.32. The van der Waals surface area contributed by atoms with Gasteiger partial charge in [-0.05, 0) is 29.2 Å². The van der Waals surface area contributed by atoms with Crippen molar-refractivity contribution in [3.63, 3.8) is 0 Å². The van der Waals surface area contributed by atoms with Gasteiger partial charge >= 0.3 is 11.6 Å². The lowest BCUT2D eigenvalue weighted by Gasteiger charge is -2.25. The second-order valence-corrected chi connectivity index (χ2v) is 7.35. The lowest BCUT2D eigenvalue weighted by atomic mass is 10.0. The molecule has 0 saturated heterocycles. The Morgan fingerprint density at radius 2 is 1.83 bits per heavy atom. The molecule has 0 aliphatic carbocycles. The van der Waals surface area contributed by atoms with Gasteiger partial charge in [-0.1, -0.05) is 56.3 Å². The minimum Gasteiger partial charge on any atom is -0.469 e. The summed E-state index contributed by atoms with van der Waals surface area (Å²) in [6.45, 7) is 5.64. The van der Waals surface area contributed by atoms with Crippen LogP contribution >= 0.6 is 0 Å². The van der Waals surface area contributed by atoms with Crippen LogP contribution in [-0.4, -0.2) is 24.5 Å². The van der Waals surface area contributed by atoms with E-state index in [1.165, 1.54) is 7.11 Å². The van der Waals surface area contributed by atoms with Gasteiger partial charge in [-0.2, -0.15) is 0 Å². The van der Waals surface area contributed by atoms with E-state index in [-0.39, 0.29) is 17.5 Å². The number of carbonyl (C=O) groups excluding carboxylic acids is 1. The molecule has 0 N–H and O–H groups in total. The molecule has 0 aliphatic rings. The quantitative estimate of drug-likeness (QED) is 0.425. The molecule has 3 rings (SSSR count). The van der Waals surface area contributed by atoms with Gasteiger partial charge in [-0.3, -0.25) is 9.69 Å². The Morgan fingerprint density at radius 1 is 1.07 bits per heavy atom. The van der Waals surface area contributed by atoms with Gasteiger partial charge in [0.25, 0.3) is 0 Å². The van der Waals surface area contributed by atoms with Crippen molar-refractivity contribution in [1.82, 2.24) is 4.90 Å². The van der Waals surface area contributed by atoms with E-state index in [1.54, 1.807) is 6.07 Å². The number of esters is 1. The summed E-state index contributed by atoms with van der Waals surface area (Å²) in [5.41, 5.74) is 3.41. The molecule has 5 heteroatoms. The Bertz CT molecular complexity index is 1030. The highest BCUT2D eigenvalue weighted by Crippen LogP contribution is 2.22. The summed E-state index contributed by atoms with van der Waals surface area (Å²) in [6, 6.07) is 17.6. The van der Waals surface area contributed by atoms with E-state index in [9.17, 15) is 9.59 Å². The summed E-state index contributed by atoms with van der Waals surface area (Å²) in [6.07, 6.45) is 0.876. The van der Waals surface area contributed by atoms with Crippen LogP contribution in [-0.2, 0) is 29.0 Å². The maximum atomic E-state index is 12.2. The molecule has 0 saturated carbocycles. The normalized spacial score (nSPS) is 12.3. The van der Waals surface area contributed by atoms with Crippen LogP contribution in [0.3, 0.4) is 0 Å². The van der Waals surface area contributed by atoms with Crippen LogP contribution < -0.4 is 5.63 Å². The minimum absolute atomic E-state index is 0.243. The van der Waals surface area contributed by atoms with Crippen LogP contribution in [0.25, 0.3) is 11.0 Å². The molecule has 1 aromatic heterocycles. The zero-order valence-electron chi connectivity index (χ0n) is 17.2. The first-order valence-corrected chi connectivity index (χ1v) is 9.90. The monoisotopic (exact) mass is 393 g/mol. The molecule has 152 valence electrons. The topological polar surface area (TPSA) is 59.8 Å². The highest BCUT2D eigenvalue weighted by molar-refractivity contribution is 5.80. The van der Waals surface area contributed by atoms with E-state index in [2.05, 4.69) is 30.0 Å².